The molecule has 8 nitrogen and oxygen atoms in total. The Morgan fingerprint density at radius 1 is 0.963 bits per heavy atom. The largest absolute Gasteiger partial charge is 0.345 e. The fourth-order valence-corrected chi connectivity index (χ4v) is 2.98. The van der Waals surface area contributed by atoms with Gasteiger partial charge >= 0.3 is 5.69 Å². The predicted molar refractivity (Wildman–Crippen MR) is 102 cm³/mol. The van der Waals surface area contributed by atoms with Gasteiger partial charge in [-0.3, -0.25) is 9.59 Å². The number of amides is 2. The first-order chi connectivity index (χ1) is 13.1. The Hall–Kier alpha value is -3.81. The number of carbonyl (C=O) groups is 2. The smallest absolute Gasteiger partial charge is 0.323 e. The van der Waals surface area contributed by atoms with Crippen LogP contribution in [0.1, 0.15) is 0 Å². The number of H-pyrrole nitrogens is 2. The van der Waals surface area contributed by atoms with Gasteiger partial charge in [-0.05, 0) is 35.7 Å². The van der Waals surface area contributed by atoms with Crippen molar-refractivity contribution in [3.05, 3.63) is 65.2 Å². The van der Waals surface area contributed by atoms with Crippen LogP contribution in [0.4, 0.5) is 5.69 Å². The molecular formula is C19H17N5O3. The maximum Gasteiger partial charge on any atom is 0.323 e. The Kier molecular flexibility index (Phi) is 4.21. The summed E-state index contributed by atoms with van der Waals surface area (Å²) in [7, 11) is 0. The van der Waals surface area contributed by atoms with E-state index >= 15 is 0 Å². The van der Waals surface area contributed by atoms with Crippen molar-refractivity contribution >= 4 is 39.4 Å². The van der Waals surface area contributed by atoms with E-state index in [1.807, 2.05) is 41.1 Å². The number of benzene rings is 2. The average molecular weight is 363 g/mol. The van der Waals surface area contributed by atoms with Gasteiger partial charge in [0.05, 0.1) is 17.6 Å². The molecule has 0 saturated carbocycles. The second-order valence-corrected chi connectivity index (χ2v) is 6.17. The fraction of sp³-hybridized carbons (Fsp3) is 0.105. The van der Waals surface area contributed by atoms with Gasteiger partial charge in [0.2, 0.25) is 11.8 Å². The lowest BCUT2D eigenvalue weighted by Crippen LogP contribution is -2.34. The Morgan fingerprint density at radius 2 is 1.78 bits per heavy atom. The van der Waals surface area contributed by atoms with E-state index < -0.39 is 0 Å². The van der Waals surface area contributed by atoms with E-state index in [-0.39, 0.29) is 30.6 Å². The average Bonchev–Trinajstić information content (AvgIpc) is 3.22. The van der Waals surface area contributed by atoms with Crippen molar-refractivity contribution in [2.75, 3.05) is 11.9 Å². The standard InChI is InChI=1S/C19H17N5O3/c25-17(21-13-5-6-14-15(9-13)23-19(27)22-14)10-20-18(26)11-24-8-7-12-3-1-2-4-16(12)24/h1-9H,10-11H2,(H,20,26)(H,21,25)(H2,22,23,27). The third-order valence-corrected chi connectivity index (χ3v) is 4.24. The molecule has 2 aromatic heterocycles. The van der Waals surface area contributed by atoms with Crippen LogP contribution in [-0.4, -0.2) is 32.9 Å². The summed E-state index contributed by atoms with van der Waals surface area (Å²) in [5.74, 6) is -0.602. The molecule has 0 spiro atoms. The van der Waals surface area contributed by atoms with E-state index in [4.69, 9.17) is 0 Å². The summed E-state index contributed by atoms with van der Waals surface area (Å²) >= 11 is 0. The SMILES string of the molecule is O=C(Cn1ccc2ccccc21)NCC(=O)Nc1ccc2[nH]c(=O)[nH]c2c1. The van der Waals surface area contributed by atoms with Gasteiger partial charge in [0.25, 0.3) is 0 Å². The minimum atomic E-state index is -0.349. The lowest BCUT2D eigenvalue weighted by atomic mass is 10.2. The first-order valence-corrected chi connectivity index (χ1v) is 8.41. The molecule has 0 aliphatic heterocycles. The molecule has 0 unspecified atom stereocenters. The monoisotopic (exact) mass is 363 g/mol. The number of para-hydroxylation sites is 1. The second-order valence-electron chi connectivity index (χ2n) is 6.17. The number of imidazole rings is 1. The van der Waals surface area contributed by atoms with Crippen LogP contribution in [0.5, 0.6) is 0 Å². The second kappa shape index (κ2) is 6.83. The Morgan fingerprint density at radius 3 is 2.67 bits per heavy atom. The van der Waals surface area contributed by atoms with Crippen molar-refractivity contribution in [3.8, 4) is 0 Å². The molecule has 4 aromatic rings. The normalized spacial score (nSPS) is 11.0. The Bertz CT molecular complexity index is 1200. The third-order valence-electron chi connectivity index (χ3n) is 4.24. The number of nitrogens with zero attached hydrogens (tertiary/aromatic N) is 1. The molecule has 0 atom stereocenters. The fourth-order valence-electron chi connectivity index (χ4n) is 2.98. The highest BCUT2D eigenvalue weighted by molar-refractivity contribution is 5.96. The van der Waals surface area contributed by atoms with Crippen molar-refractivity contribution in [2.24, 2.45) is 0 Å². The van der Waals surface area contributed by atoms with Crippen LogP contribution in [-0.2, 0) is 16.1 Å². The highest BCUT2D eigenvalue weighted by atomic mass is 16.2. The molecule has 2 aromatic carbocycles. The van der Waals surface area contributed by atoms with Gasteiger partial charge in [0.15, 0.2) is 0 Å². The number of nitrogens with one attached hydrogen (secondary N) is 4. The zero-order chi connectivity index (χ0) is 18.8. The Balaban J connectivity index is 1.34. The lowest BCUT2D eigenvalue weighted by molar-refractivity contribution is -0.124. The number of hydrogen-bond donors (Lipinski definition) is 4. The summed E-state index contributed by atoms with van der Waals surface area (Å²) in [6.45, 7) is -0.00291. The Labute approximate surface area is 153 Å². The summed E-state index contributed by atoms with van der Waals surface area (Å²) in [4.78, 5) is 40.7. The van der Waals surface area contributed by atoms with Crippen molar-refractivity contribution in [2.45, 2.75) is 6.54 Å². The van der Waals surface area contributed by atoms with Crippen molar-refractivity contribution < 1.29 is 9.59 Å². The molecule has 136 valence electrons. The zero-order valence-electron chi connectivity index (χ0n) is 14.3. The van der Waals surface area contributed by atoms with Gasteiger partial charge in [-0.25, -0.2) is 4.79 Å². The summed E-state index contributed by atoms with van der Waals surface area (Å²) in [6.07, 6.45) is 1.84. The number of aromatic amines is 2. The van der Waals surface area contributed by atoms with Gasteiger partial charge in [0.1, 0.15) is 6.54 Å². The highest BCUT2D eigenvalue weighted by Gasteiger charge is 2.09. The summed E-state index contributed by atoms with van der Waals surface area (Å²) in [5.41, 5.74) is 2.45. The highest BCUT2D eigenvalue weighted by Crippen LogP contribution is 2.15. The van der Waals surface area contributed by atoms with E-state index in [1.54, 1.807) is 18.2 Å². The van der Waals surface area contributed by atoms with Gasteiger partial charge in [-0.15, -0.1) is 0 Å². The molecular weight excluding hydrogens is 346 g/mol. The molecule has 0 fully saturated rings. The number of anilines is 1. The van der Waals surface area contributed by atoms with Gasteiger partial charge < -0.3 is 25.2 Å². The molecule has 4 N–H and O–H groups in total. The van der Waals surface area contributed by atoms with Crippen molar-refractivity contribution in [1.82, 2.24) is 19.9 Å². The summed E-state index contributed by atoms with van der Waals surface area (Å²) in [6, 6.07) is 14.7. The van der Waals surface area contributed by atoms with E-state index in [0.717, 1.165) is 10.9 Å². The lowest BCUT2D eigenvalue weighted by Gasteiger charge is -2.08. The number of aromatic nitrogens is 3. The van der Waals surface area contributed by atoms with E-state index in [2.05, 4.69) is 20.6 Å². The molecule has 8 heteroatoms. The van der Waals surface area contributed by atoms with Gasteiger partial charge in [-0.1, -0.05) is 18.2 Å². The van der Waals surface area contributed by atoms with E-state index in [1.165, 1.54) is 0 Å². The van der Waals surface area contributed by atoms with Crippen molar-refractivity contribution in [3.63, 3.8) is 0 Å². The minimum absolute atomic E-state index is 0.136. The molecule has 4 rings (SSSR count). The van der Waals surface area contributed by atoms with Crippen LogP contribution in [0, 0.1) is 0 Å². The summed E-state index contributed by atoms with van der Waals surface area (Å²) < 4.78 is 1.83. The first kappa shape index (κ1) is 16.6. The van der Waals surface area contributed by atoms with Crippen LogP contribution >= 0.6 is 0 Å². The molecule has 0 aliphatic carbocycles. The van der Waals surface area contributed by atoms with Crippen LogP contribution in [0.2, 0.25) is 0 Å². The van der Waals surface area contributed by atoms with Crippen molar-refractivity contribution in [1.29, 1.82) is 0 Å². The third kappa shape index (κ3) is 3.59. The number of rotatable bonds is 5. The number of hydrogen-bond acceptors (Lipinski definition) is 3. The number of fused-ring (bicyclic) bond motifs is 2. The van der Waals surface area contributed by atoms with Crippen LogP contribution in [0.25, 0.3) is 21.9 Å². The summed E-state index contributed by atoms with van der Waals surface area (Å²) in [5, 5.41) is 6.36. The topological polar surface area (TPSA) is 112 Å². The number of carbonyl (C=O) groups excluding carboxylic acids is 2. The maximum absolute atomic E-state index is 12.1. The zero-order valence-corrected chi connectivity index (χ0v) is 14.3. The minimum Gasteiger partial charge on any atom is -0.345 e. The molecule has 0 radical (unpaired) electrons. The maximum atomic E-state index is 12.1. The molecule has 2 heterocycles. The molecule has 0 aliphatic rings. The van der Waals surface area contributed by atoms with E-state index in [0.29, 0.717) is 16.7 Å². The molecule has 27 heavy (non-hydrogen) atoms. The quantitative estimate of drug-likeness (QED) is 0.432. The molecule has 2 amide bonds. The predicted octanol–water partition coefficient (Wildman–Crippen LogP) is 1.57. The van der Waals surface area contributed by atoms with Crippen LogP contribution < -0.4 is 16.3 Å². The van der Waals surface area contributed by atoms with Crippen LogP contribution in [0.3, 0.4) is 0 Å². The molecule has 0 saturated heterocycles. The molecule has 0 bridgehead atoms. The van der Waals surface area contributed by atoms with E-state index in [9.17, 15) is 14.4 Å². The van der Waals surface area contributed by atoms with Crippen LogP contribution in [0.15, 0.2) is 59.5 Å². The van der Waals surface area contributed by atoms with Gasteiger partial charge in [-0.2, -0.15) is 0 Å². The first-order valence-electron chi connectivity index (χ1n) is 8.41. The van der Waals surface area contributed by atoms with Gasteiger partial charge in [0, 0.05) is 17.4 Å².